The number of carbonyl (C=O) groups is 1. The molecule has 1 fully saturated rings. The third-order valence-corrected chi connectivity index (χ3v) is 4.20. The van der Waals surface area contributed by atoms with Crippen molar-refractivity contribution in [1.29, 1.82) is 0 Å². The Balaban J connectivity index is 1.67. The van der Waals surface area contributed by atoms with E-state index in [-0.39, 0.29) is 11.9 Å². The van der Waals surface area contributed by atoms with E-state index >= 15 is 0 Å². The number of amides is 1. The van der Waals surface area contributed by atoms with Gasteiger partial charge in [-0.15, -0.1) is 0 Å². The molecule has 0 bridgehead atoms. The van der Waals surface area contributed by atoms with Gasteiger partial charge < -0.3 is 9.73 Å². The lowest BCUT2D eigenvalue weighted by molar-refractivity contribution is 0.0930. The summed E-state index contributed by atoms with van der Waals surface area (Å²) < 4.78 is 5.26. The van der Waals surface area contributed by atoms with Crippen molar-refractivity contribution in [2.75, 3.05) is 11.5 Å². The standard InChI is InChI=1S/C13H15N3O2S/c17-13(14-9-3-6-19-7-4-9)11-8-10(15-16-11)12-2-1-5-18-12/h1-2,5,8-9H,3-4,6-7H2,(H,14,17)(H,15,16). The molecule has 6 heteroatoms. The van der Waals surface area contributed by atoms with E-state index in [4.69, 9.17) is 4.42 Å². The molecule has 0 radical (unpaired) electrons. The predicted octanol–water partition coefficient (Wildman–Crippen LogP) is 2.30. The minimum Gasteiger partial charge on any atom is -0.463 e. The highest BCUT2D eigenvalue weighted by Crippen LogP contribution is 2.19. The average Bonchev–Trinajstić information content (AvgIpc) is 3.11. The number of nitrogens with zero attached hydrogens (tertiary/aromatic N) is 1. The number of thioether (sulfide) groups is 1. The highest BCUT2D eigenvalue weighted by molar-refractivity contribution is 7.99. The first kappa shape index (κ1) is 12.3. The van der Waals surface area contributed by atoms with Crippen molar-refractivity contribution in [3.63, 3.8) is 0 Å². The summed E-state index contributed by atoms with van der Waals surface area (Å²) in [4.78, 5) is 12.1. The summed E-state index contributed by atoms with van der Waals surface area (Å²) in [7, 11) is 0. The van der Waals surface area contributed by atoms with Gasteiger partial charge in [0.2, 0.25) is 0 Å². The molecule has 1 amide bonds. The van der Waals surface area contributed by atoms with E-state index in [1.807, 2.05) is 17.8 Å². The monoisotopic (exact) mass is 277 g/mol. The highest BCUT2D eigenvalue weighted by atomic mass is 32.2. The molecule has 5 nitrogen and oxygen atoms in total. The fraction of sp³-hybridized carbons (Fsp3) is 0.385. The molecular formula is C13H15N3O2S. The van der Waals surface area contributed by atoms with Crippen LogP contribution in [0.25, 0.3) is 11.5 Å². The fourth-order valence-corrected chi connectivity index (χ4v) is 3.20. The van der Waals surface area contributed by atoms with Crippen molar-refractivity contribution in [3.8, 4) is 11.5 Å². The Bertz CT molecular complexity index is 544. The second kappa shape index (κ2) is 5.52. The van der Waals surface area contributed by atoms with Crippen LogP contribution in [0, 0.1) is 0 Å². The maximum Gasteiger partial charge on any atom is 0.272 e. The second-order valence-corrected chi connectivity index (χ2v) is 5.73. The van der Waals surface area contributed by atoms with Crippen LogP contribution in [-0.4, -0.2) is 33.7 Å². The van der Waals surface area contributed by atoms with Gasteiger partial charge in [-0.3, -0.25) is 9.89 Å². The van der Waals surface area contributed by atoms with Crippen molar-refractivity contribution in [1.82, 2.24) is 15.5 Å². The van der Waals surface area contributed by atoms with Crippen LogP contribution >= 0.6 is 11.8 Å². The first-order chi connectivity index (χ1) is 9.33. The fourth-order valence-electron chi connectivity index (χ4n) is 2.10. The Hall–Kier alpha value is -1.69. The van der Waals surface area contributed by atoms with Gasteiger partial charge in [0.25, 0.3) is 5.91 Å². The zero-order chi connectivity index (χ0) is 13.1. The molecule has 1 aliphatic heterocycles. The third kappa shape index (κ3) is 2.84. The molecule has 3 heterocycles. The maximum absolute atomic E-state index is 12.1. The van der Waals surface area contributed by atoms with Gasteiger partial charge in [-0.2, -0.15) is 16.9 Å². The Labute approximate surface area is 115 Å². The van der Waals surface area contributed by atoms with Gasteiger partial charge in [-0.05, 0) is 36.5 Å². The number of hydrogen-bond donors (Lipinski definition) is 2. The quantitative estimate of drug-likeness (QED) is 0.903. The topological polar surface area (TPSA) is 70.9 Å². The van der Waals surface area contributed by atoms with Gasteiger partial charge >= 0.3 is 0 Å². The van der Waals surface area contributed by atoms with Gasteiger partial charge in [0.15, 0.2) is 11.5 Å². The summed E-state index contributed by atoms with van der Waals surface area (Å²) in [6.45, 7) is 0. The third-order valence-electron chi connectivity index (χ3n) is 3.15. The highest BCUT2D eigenvalue weighted by Gasteiger charge is 2.19. The van der Waals surface area contributed by atoms with E-state index in [1.54, 1.807) is 18.4 Å². The van der Waals surface area contributed by atoms with Crippen LogP contribution in [-0.2, 0) is 0 Å². The van der Waals surface area contributed by atoms with Crippen molar-refractivity contribution < 1.29 is 9.21 Å². The maximum atomic E-state index is 12.1. The average molecular weight is 277 g/mol. The van der Waals surface area contributed by atoms with Gasteiger partial charge in [0.1, 0.15) is 5.69 Å². The number of nitrogens with one attached hydrogen (secondary N) is 2. The Kier molecular flexibility index (Phi) is 3.59. The number of aromatic nitrogens is 2. The lowest BCUT2D eigenvalue weighted by atomic mass is 10.1. The van der Waals surface area contributed by atoms with E-state index in [0.29, 0.717) is 17.1 Å². The van der Waals surface area contributed by atoms with Crippen LogP contribution in [0.15, 0.2) is 28.9 Å². The molecular weight excluding hydrogens is 262 g/mol. The van der Waals surface area contributed by atoms with Crippen LogP contribution in [0.3, 0.4) is 0 Å². The lowest BCUT2D eigenvalue weighted by Gasteiger charge is -2.21. The molecule has 19 heavy (non-hydrogen) atoms. The molecule has 0 atom stereocenters. The molecule has 0 aromatic carbocycles. The molecule has 2 N–H and O–H groups in total. The molecule has 0 aliphatic carbocycles. The summed E-state index contributed by atoms with van der Waals surface area (Å²) in [5.74, 6) is 2.79. The number of hydrogen-bond acceptors (Lipinski definition) is 4. The van der Waals surface area contributed by atoms with Gasteiger partial charge in [-0.1, -0.05) is 0 Å². The Morgan fingerprint density at radius 2 is 2.32 bits per heavy atom. The van der Waals surface area contributed by atoms with Gasteiger partial charge in [-0.25, -0.2) is 0 Å². The zero-order valence-electron chi connectivity index (χ0n) is 10.4. The first-order valence-electron chi connectivity index (χ1n) is 6.31. The molecule has 2 aromatic rings. The normalized spacial score (nSPS) is 16.4. The van der Waals surface area contributed by atoms with Crippen molar-refractivity contribution in [3.05, 3.63) is 30.2 Å². The van der Waals surface area contributed by atoms with Crippen molar-refractivity contribution in [2.45, 2.75) is 18.9 Å². The van der Waals surface area contributed by atoms with E-state index in [2.05, 4.69) is 15.5 Å². The van der Waals surface area contributed by atoms with Crippen LogP contribution in [0.1, 0.15) is 23.3 Å². The summed E-state index contributed by atoms with van der Waals surface area (Å²) in [5.41, 5.74) is 1.12. The van der Waals surface area contributed by atoms with E-state index in [9.17, 15) is 4.79 Å². The minimum absolute atomic E-state index is 0.119. The van der Waals surface area contributed by atoms with Crippen LogP contribution in [0.5, 0.6) is 0 Å². The molecule has 1 saturated heterocycles. The lowest BCUT2D eigenvalue weighted by Crippen LogP contribution is -2.37. The minimum atomic E-state index is -0.119. The summed E-state index contributed by atoms with van der Waals surface area (Å²) in [5, 5.41) is 9.88. The van der Waals surface area contributed by atoms with Crippen LogP contribution < -0.4 is 5.32 Å². The molecule has 0 saturated carbocycles. The van der Waals surface area contributed by atoms with E-state index < -0.39 is 0 Å². The molecule has 100 valence electrons. The summed E-state index contributed by atoms with van der Waals surface area (Å²) in [6, 6.07) is 5.62. The molecule has 0 unspecified atom stereocenters. The van der Waals surface area contributed by atoms with Crippen molar-refractivity contribution >= 4 is 17.7 Å². The van der Waals surface area contributed by atoms with E-state index in [1.165, 1.54) is 0 Å². The molecule has 3 rings (SSSR count). The van der Waals surface area contributed by atoms with Crippen LogP contribution in [0.2, 0.25) is 0 Å². The van der Waals surface area contributed by atoms with Crippen LogP contribution in [0.4, 0.5) is 0 Å². The Morgan fingerprint density at radius 3 is 3.05 bits per heavy atom. The number of aromatic amines is 1. The smallest absolute Gasteiger partial charge is 0.272 e. The van der Waals surface area contributed by atoms with Crippen molar-refractivity contribution in [2.24, 2.45) is 0 Å². The number of H-pyrrole nitrogens is 1. The number of carbonyl (C=O) groups excluding carboxylic acids is 1. The number of furan rings is 1. The van der Waals surface area contributed by atoms with E-state index in [0.717, 1.165) is 24.3 Å². The molecule has 2 aromatic heterocycles. The first-order valence-corrected chi connectivity index (χ1v) is 7.46. The molecule has 0 spiro atoms. The predicted molar refractivity (Wildman–Crippen MR) is 74.1 cm³/mol. The van der Waals surface area contributed by atoms with Gasteiger partial charge in [0, 0.05) is 12.1 Å². The van der Waals surface area contributed by atoms with Gasteiger partial charge in [0.05, 0.1) is 6.26 Å². The zero-order valence-corrected chi connectivity index (χ0v) is 11.2. The Morgan fingerprint density at radius 1 is 1.47 bits per heavy atom. The summed E-state index contributed by atoms with van der Waals surface area (Å²) >= 11 is 1.94. The molecule has 1 aliphatic rings. The number of rotatable bonds is 3. The summed E-state index contributed by atoms with van der Waals surface area (Å²) in [6.07, 6.45) is 3.66. The second-order valence-electron chi connectivity index (χ2n) is 4.50. The SMILES string of the molecule is O=C(NC1CCSCC1)c1cc(-c2ccco2)[nH]n1. The largest absolute Gasteiger partial charge is 0.463 e.